The summed E-state index contributed by atoms with van der Waals surface area (Å²) in [4.78, 5) is 14.1. The molecule has 6 heteroatoms. The van der Waals surface area contributed by atoms with Gasteiger partial charge in [0.15, 0.2) is 0 Å². The fourth-order valence-corrected chi connectivity index (χ4v) is 3.70. The van der Waals surface area contributed by atoms with E-state index >= 15 is 0 Å². The Labute approximate surface area is 190 Å². The highest BCUT2D eigenvalue weighted by Gasteiger charge is 2.15. The quantitative estimate of drug-likeness (QED) is 0.503. The minimum atomic E-state index is -0.0184. The van der Waals surface area contributed by atoms with Gasteiger partial charge in [0.25, 0.3) is 0 Å². The van der Waals surface area contributed by atoms with Crippen molar-refractivity contribution in [2.45, 2.75) is 19.3 Å². The lowest BCUT2D eigenvalue weighted by atomic mass is 10.1. The van der Waals surface area contributed by atoms with Gasteiger partial charge in [-0.15, -0.1) is 12.4 Å². The molecule has 0 unspecified atom stereocenters. The van der Waals surface area contributed by atoms with Gasteiger partial charge < -0.3 is 20.3 Å². The summed E-state index contributed by atoms with van der Waals surface area (Å²) < 4.78 is 5.92. The van der Waals surface area contributed by atoms with Crippen LogP contribution in [0.25, 0.3) is 10.8 Å². The van der Waals surface area contributed by atoms with Gasteiger partial charge in [0, 0.05) is 31.9 Å². The smallest absolute Gasteiger partial charge is 0.321 e. The van der Waals surface area contributed by atoms with Crippen molar-refractivity contribution >= 4 is 34.9 Å². The number of nitrogens with zero attached hydrogens (tertiary/aromatic N) is 1. The summed E-state index contributed by atoms with van der Waals surface area (Å²) in [5.41, 5.74) is 2.13. The Morgan fingerprint density at radius 3 is 2.45 bits per heavy atom. The minimum absolute atomic E-state index is 0. The third kappa shape index (κ3) is 6.61. The molecule has 1 heterocycles. The second-order valence-corrected chi connectivity index (χ2v) is 7.68. The van der Waals surface area contributed by atoms with Crippen molar-refractivity contribution in [3.05, 3.63) is 72.3 Å². The van der Waals surface area contributed by atoms with Crippen LogP contribution in [0.15, 0.2) is 66.7 Å². The zero-order chi connectivity index (χ0) is 20.6. The number of aryl methyl sites for hydroxylation is 1. The first-order valence-corrected chi connectivity index (χ1v) is 10.8. The van der Waals surface area contributed by atoms with Crippen molar-refractivity contribution in [3.63, 3.8) is 0 Å². The second kappa shape index (κ2) is 11.6. The Balaban J connectivity index is 0.00000272. The molecule has 0 aliphatic carbocycles. The van der Waals surface area contributed by atoms with Crippen molar-refractivity contribution in [2.24, 2.45) is 0 Å². The summed E-state index contributed by atoms with van der Waals surface area (Å²) in [6, 6.07) is 22.7. The molecule has 2 amide bonds. The van der Waals surface area contributed by atoms with Gasteiger partial charge in [-0.25, -0.2) is 4.79 Å². The van der Waals surface area contributed by atoms with Gasteiger partial charge in [0.2, 0.25) is 0 Å². The van der Waals surface area contributed by atoms with E-state index in [2.05, 4.69) is 53.1 Å². The molecule has 3 aromatic carbocycles. The van der Waals surface area contributed by atoms with E-state index < -0.39 is 0 Å². The van der Waals surface area contributed by atoms with Crippen LogP contribution >= 0.6 is 12.4 Å². The zero-order valence-electron chi connectivity index (χ0n) is 17.7. The molecule has 0 aromatic heterocycles. The molecule has 5 nitrogen and oxygen atoms in total. The fourth-order valence-electron chi connectivity index (χ4n) is 3.70. The third-order valence-corrected chi connectivity index (χ3v) is 5.46. The number of carbonyl (C=O) groups excluding carboxylic acids is 1. The molecular weight excluding hydrogens is 410 g/mol. The number of unbranched alkanes of at least 4 members (excludes halogenated alkanes) is 1. The van der Waals surface area contributed by atoms with Gasteiger partial charge >= 0.3 is 6.03 Å². The Bertz CT molecular complexity index is 972. The van der Waals surface area contributed by atoms with Gasteiger partial charge in [-0.1, -0.05) is 42.5 Å². The number of hydrogen-bond acceptors (Lipinski definition) is 3. The predicted molar refractivity (Wildman–Crippen MR) is 130 cm³/mol. The number of piperazine rings is 1. The maximum absolute atomic E-state index is 12.3. The number of amides is 2. The van der Waals surface area contributed by atoms with Crippen molar-refractivity contribution in [1.82, 2.24) is 10.2 Å². The van der Waals surface area contributed by atoms with Crippen LogP contribution in [0.5, 0.6) is 5.75 Å². The van der Waals surface area contributed by atoms with Crippen LogP contribution in [0, 0.1) is 0 Å². The van der Waals surface area contributed by atoms with Crippen molar-refractivity contribution in [1.29, 1.82) is 0 Å². The van der Waals surface area contributed by atoms with Crippen LogP contribution < -0.4 is 15.4 Å². The van der Waals surface area contributed by atoms with Crippen LogP contribution in [0.2, 0.25) is 0 Å². The molecule has 1 saturated heterocycles. The van der Waals surface area contributed by atoms with E-state index in [9.17, 15) is 4.79 Å². The van der Waals surface area contributed by atoms with Gasteiger partial charge in [-0.2, -0.15) is 0 Å². The Kier molecular flexibility index (Phi) is 8.56. The lowest BCUT2D eigenvalue weighted by Gasteiger charge is -2.27. The van der Waals surface area contributed by atoms with E-state index in [-0.39, 0.29) is 18.4 Å². The Morgan fingerprint density at radius 1 is 0.935 bits per heavy atom. The van der Waals surface area contributed by atoms with Crippen LogP contribution in [0.1, 0.15) is 18.4 Å². The standard InChI is InChI=1S/C25H29N3O2.ClH/c29-25(28-16-14-26-15-17-28)27-23-11-8-20(9-12-23)5-3-4-18-30-24-13-10-21-6-1-2-7-22(21)19-24;/h1-2,6-13,19,26H,3-5,14-18H2,(H,27,29);1H. The first kappa shape index (κ1) is 22.9. The number of ether oxygens (including phenoxy) is 1. The lowest BCUT2D eigenvalue weighted by molar-refractivity contribution is 0.204. The Morgan fingerprint density at radius 2 is 1.68 bits per heavy atom. The van der Waals surface area contributed by atoms with Gasteiger partial charge in [0.05, 0.1) is 6.61 Å². The number of benzene rings is 3. The average molecular weight is 440 g/mol. The molecule has 1 aliphatic rings. The molecule has 0 radical (unpaired) electrons. The number of nitrogens with one attached hydrogen (secondary N) is 2. The van der Waals surface area contributed by atoms with Gasteiger partial charge in [-0.05, 0) is 59.9 Å². The lowest BCUT2D eigenvalue weighted by Crippen LogP contribution is -2.48. The van der Waals surface area contributed by atoms with Crippen molar-refractivity contribution < 1.29 is 9.53 Å². The van der Waals surface area contributed by atoms with Crippen LogP contribution in [0.4, 0.5) is 10.5 Å². The topological polar surface area (TPSA) is 53.6 Å². The maximum Gasteiger partial charge on any atom is 0.321 e. The number of fused-ring (bicyclic) bond motifs is 1. The number of anilines is 1. The fraction of sp³-hybridized carbons (Fsp3) is 0.320. The monoisotopic (exact) mass is 439 g/mol. The van der Waals surface area contributed by atoms with Crippen LogP contribution in [-0.4, -0.2) is 43.7 Å². The van der Waals surface area contributed by atoms with Crippen LogP contribution in [-0.2, 0) is 6.42 Å². The molecule has 1 aliphatic heterocycles. The van der Waals surface area contributed by atoms with E-state index in [4.69, 9.17) is 4.74 Å². The van der Waals surface area contributed by atoms with E-state index in [0.717, 1.165) is 63.5 Å². The maximum atomic E-state index is 12.3. The number of carbonyl (C=O) groups is 1. The summed E-state index contributed by atoms with van der Waals surface area (Å²) in [7, 11) is 0. The summed E-state index contributed by atoms with van der Waals surface area (Å²) >= 11 is 0. The van der Waals surface area contributed by atoms with Gasteiger partial charge in [0.1, 0.15) is 5.75 Å². The van der Waals surface area contributed by atoms with E-state index in [0.29, 0.717) is 0 Å². The van der Waals surface area contributed by atoms with Crippen LogP contribution in [0.3, 0.4) is 0 Å². The molecule has 3 aromatic rings. The zero-order valence-corrected chi connectivity index (χ0v) is 18.5. The highest BCUT2D eigenvalue weighted by molar-refractivity contribution is 5.89. The average Bonchev–Trinajstić information content (AvgIpc) is 2.80. The van der Waals surface area contributed by atoms with E-state index in [1.165, 1.54) is 16.3 Å². The largest absolute Gasteiger partial charge is 0.494 e. The molecule has 1 fully saturated rings. The summed E-state index contributed by atoms with van der Waals surface area (Å²) in [5, 5.41) is 8.68. The summed E-state index contributed by atoms with van der Waals surface area (Å²) in [6.07, 6.45) is 3.08. The molecular formula is C25H30ClN3O2. The predicted octanol–water partition coefficient (Wildman–Crippen LogP) is 5.10. The number of hydrogen-bond donors (Lipinski definition) is 2. The molecule has 0 bridgehead atoms. The van der Waals surface area contributed by atoms with Crippen molar-refractivity contribution in [3.8, 4) is 5.75 Å². The molecule has 164 valence electrons. The van der Waals surface area contributed by atoms with E-state index in [1.54, 1.807) is 0 Å². The Hall–Kier alpha value is -2.76. The first-order valence-electron chi connectivity index (χ1n) is 10.8. The molecule has 0 atom stereocenters. The molecule has 31 heavy (non-hydrogen) atoms. The highest BCUT2D eigenvalue weighted by atomic mass is 35.5. The minimum Gasteiger partial charge on any atom is -0.494 e. The van der Waals surface area contributed by atoms with Gasteiger partial charge in [-0.3, -0.25) is 0 Å². The van der Waals surface area contributed by atoms with Crippen molar-refractivity contribution in [2.75, 3.05) is 38.1 Å². The second-order valence-electron chi connectivity index (χ2n) is 7.68. The molecule has 2 N–H and O–H groups in total. The highest BCUT2D eigenvalue weighted by Crippen LogP contribution is 2.21. The molecule has 0 spiro atoms. The SMILES string of the molecule is Cl.O=C(Nc1ccc(CCCCOc2ccc3ccccc3c2)cc1)N1CCNCC1. The normalized spacial score (nSPS) is 13.5. The molecule has 0 saturated carbocycles. The first-order chi connectivity index (χ1) is 14.8. The van der Waals surface area contributed by atoms with E-state index in [1.807, 2.05) is 29.2 Å². The number of rotatable bonds is 7. The summed E-state index contributed by atoms with van der Waals surface area (Å²) in [6.45, 7) is 3.95. The molecule has 4 rings (SSSR count). The third-order valence-electron chi connectivity index (χ3n) is 5.46. The number of halogens is 1. The number of urea groups is 1. The summed E-state index contributed by atoms with van der Waals surface area (Å²) in [5.74, 6) is 0.929.